The Hall–Kier alpha value is -1.03. The van der Waals surface area contributed by atoms with Gasteiger partial charge in [-0.2, -0.15) is 0 Å². The van der Waals surface area contributed by atoms with Crippen LogP contribution in [-0.4, -0.2) is 35.8 Å². The zero-order valence-corrected chi connectivity index (χ0v) is 12.0. The number of carbonyl (C=O) groups is 1. The molecule has 17 heavy (non-hydrogen) atoms. The molecule has 0 aliphatic carbocycles. The van der Waals surface area contributed by atoms with Gasteiger partial charge in [-0.1, -0.05) is 15.9 Å². The van der Waals surface area contributed by atoms with Crippen molar-refractivity contribution in [2.45, 2.75) is 19.9 Å². The van der Waals surface area contributed by atoms with Gasteiger partial charge >= 0.3 is 0 Å². The summed E-state index contributed by atoms with van der Waals surface area (Å²) in [6, 6.07) is 7.41. The number of amides is 1. The Morgan fingerprint density at radius 1 is 1.41 bits per heavy atom. The Kier molecular flexibility index (Phi) is 5.48. The van der Waals surface area contributed by atoms with E-state index in [-0.39, 0.29) is 11.9 Å². The maximum atomic E-state index is 12.1. The van der Waals surface area contributed by atoms with Gasteiger partial charge in [0.05, 0.1) is 6.61 Å². The average molecular weight is 300 g/mol. The number of alkyl halides is 1. The zero-order chi connectivity index (χ0) is 12.8. The van der Waals surface area contributed by atoms with Crippen LogP contribution in [0.3, 0.4) is 0 Å². The smallest absolute Gasteiger partial charge is 0.253 e. The van der Waals surface area contributed by atoms with Gasteiger partial charge in [0.2, 0.25) is 0 Å². The predicted octanol–water partition coefficient (Wildman–Crippen LogP) is 2.94. The minimum atomic E-state index is 0.0278. The van der Waals surface area contributed by atoms with Crippen molar-refractivity contribution in [3.8, 4) is 5.75 Å². The summed E-state index contributed by atoms with van der Waals surface area (Å²) in [5.41, 5.74) is 0.684. The van der Waals surface area contributed by atoms with Gasteiger partial charge in [-0.25, -0.2) is 0 Å². The van der Waals surface area contributed by atoms with Crippen molar-refractivity contribution in [3.05, 3.63) is 29.8 Å². The molecule has 0 radical (unpaired) electrons. The summed E-state index contributed by atoms with van der Waals surface area (Å²) >= 11 is 3.37. The van der Waals surface area contributed by atoms with E-state index in [9.17, 15) is 4.79 Å². The van der Waals surface area contributed by atoms with Crippen LogP contribution in [0.1, 0.15) is 24.2 Å². The molecule has 0 bridgehead atoms. The quantitative estimate of drug-likeness (QED) is 0.783. The molecule has 4 heteroatoms. The normalized spacial score (nSPS) is 12.0. The van der Waals surface area contributed by atoms with Crippen LogP contribution in [0.25, 0.3) is 0 Å². The molecule has 3 nitrogen and oxygen atoms in total. The second-order valence-corrected chi connectivity index (χ2v) is 4.52. The first kappa shape index (κ1) is 14.0. The van der Waals surface area contributed by atoms with E-state index in [4.69, 9.17) is 4.74 Å². The van der Waals surface area contributed by atoms with Crippen LogP contribution in [0.2, 0.25) is 0 Å². The Labute approximate surface area is 111 Å². The lowest BCUT2D eigenvalue weighted by Gasteiger charge is -2.23. The van der Waals surface area contributed by atoms with Crippen LogP contribution in [0.5, 0.6) is 5.75 Å². The summed E-state index contributed by atoms with van der Waals surface area (Å²) in [6.45, 7) is 4.57. The van der Waals surface area contributed by atoms with E-state index in [1.807, 2.05) is 33.0 Å². The van der Waals surface area contributed by atoms with E-state index < -0.39 is 0 Å². The predicted molar refractivity (Wildman–Crippen MR) is 73.0 cm³/mol. The largest absolute Gasteiger partial charge is 0.494 e. The molecule has 0 aromatic heterocycles. The molecule has 0 fully saturated rings. The first-order valence-corrected chi connectivity index (χ1v) is 6.78. The third kappa shape index (κ3) is 3.73. The molecule has 0 spiro atoms. The third-order valence-electron chi connectivity index (χ3n) is 2.62. The van der Waals surface area contributed by atoms with Crippen LogP contribution in [0.15, 0.2) is 24.3 Å². The number of hydrogen-bond donors (Lipinski definition) is 0. The average Bonchev–Trinajstić information content (AvgIpc) is 2.37. The van der Waals surface area contributed by atoms with Gasteiger partial charge < -0.3 is 9.64 Å². The van der Waals surface area contributed by atoms with Crippen molar-refractivity contribution in [2.75, 3.05) is 19.0 Å². The maximum Gasteiger partial charge on any atom is 0.253 e. The summed E-state index contributed by atoms with van der Waals surface area (Å²) in [5.74, 6) is 0.820. The number of nitrogens with zero attached hydrogens (tertiary/aromatic N) is 1. The van der Waals surface area contributed by atoms with Crippen molar-refractivity contribution in [3.63, 3.8) is 0 Å². The van der Waals surface area contributed by atoms with E-state index in [0.717, 1.165) is 11.1 Å². The van der Waals surface area contributed by atoms with Crippen LogP contribution in [0.4, 0.5) is 0 Å². The SMILES string of the molecule is CCOc1ccc(C(=O)N(C)C(C)CBr)cc1. The monoisotopic (exact) mass is 299 g/mol. The highest BCUT2D eigenvalue weighted by atomic mass is 79.9. The minimum absolute atomic E-state index is 0.0278. The van der Waals surface area contributed by atoms with Crippen LogP contribution in [-0.2, 0) is 0 Å². The second kappa shape index (κ2) is 6.64. The van der Waals surface area contributed by atoms with E-state index >= 15 is 0 Å². The fourth-order valence-electron chi connectivity index (χ4n) is 1.37. The minimum Gasteiger partial charge on any atom is -0.494 e. The summed E-state index contributed by atoms with van der Waals surface area (Å²) in [5, 5.41) is 0.770. The lowest BCUT2D eigenvalue weighted by Crippen LogP contribution is -2.35. The molecule has 1 atom stereocenters. The molecular formula is C13H18BrNO2. The Morgan fingerprint density at radius 3 is 2.47 bits per heavy atom. The Bertz CT molecular complexity index is 364. The van der Waals surface area contributed by atoms with E-state index in [2.05, 4.69) is 15.9 Å². The van der Waals surface area contributed by atoms with Crippen molar-refractivity contribution >= 4 is 21.8 Å². The van der Waals surface area contributed by atoms with Gasteiger partial charge in [0.25, 0.3) is 5.91 Å². The number of rotatable bonds is 5. The second-order valence-electron chi connectivity index (χ2n) is 3.88. The maximum absolute atomic E-state index is 12.1. The fourth-order valence-corrected chi connectivity index (χ4v) is 1.80. The number of ether oxygens (including phenoxy) is 1. The Morgan fingerprint density at radius 2 is 2.00 bits per heavy atom. The molecule has 1 rings (SSSR count). The molecule has 0 N–H and O–H groups in total. The molecule has 1 aromatic rings. The van der Waals surface area contributed by atoms with E-state index in [0.29, 0.717) is 12.2 Å². The molecule has 1 amide bonds. The highest BCUT2D eigenvalue weighted by Crippen LogP contribution is 2.14. The highest BCUT2D eigenvalue weighted by Gasteiger charge is 2.16. The first-order valence-electron chi connectivity index (χ1n) is 5.66. The van der Waals surface area contributed by atoms with Crippen molar-refractivity contribution in [1.82, 2.24) is 4.90 Å². The molecule has 1 unspecified atom stereocenters. The molecule has 94 valence electrons. The van der Waals surface area contributed by atoms with Crippen LogP contribution < -0.4 is 4.74 Å². The summed E-state index contributed by atoms with van der Waals surface area (Å²) < 4.78 is 5.34. The first-order chi connectivity index (χ1) is 8.10. The molecule has 0 heterocycles. The molecule has 0 aliphatic heterocycles. The van der Waals surface area contributed by atoms with Crippen LogP contribution >= 0.6 is 15.9 Å². The Balaban J connectivity index is 2.75. The van der Waals surface area contributed by atoms with Gasteiger partial charge in [-0.05, 0) is 38.1 Å². The molecule has 0 saturated heterocycles. The lowest BCUT2D eigenvalue weighted by atomic mass is 10.2. The molecular weight excluding hydrogens is 282 g/mol. The van der Waals surface area contributed by atoms with Gasteiger partial charge in [-0.3, -0.25) is 4.79 Å². The number of carbonyl (C=O) groups excluding carboxylic acids is 1. The van der Waals surface area contributed by atoms with Crippen molar-refractivity contribution in [1.29, 1.82) is 0 Å². The summed E-state index contributed by atoms with van der Waals surface area (Å²) in [7, 11) is 1.81. The lowest BCUT2D eigenvalue weighted by molar-refractivity contribution is 0.0758. The standard InChI is InChI=1S/C13H18BrNO2/c1-4-17-12-7-5-11(6-8-12)13(16)15(3)10(2)9-14/h5-8,10H,4,9H2,1-3H3. The summed E-state index contributed by atoms with van der Waals surface area (Å²) in [6.07, 6.45) is 0. The van der Waals surface area contributed by atoms with Crippen molar-refractivity contribution < 1.29 is 9.53 Å². The van der Waals surface area contributed by atoms with Gasteiger partial charge in [0.1, 0.15) is 5.75 Å². The fraction of sp³-hybridized carbons (Fsp3) is 0.462. The molecule has 1 aromatic carbocycles. The topological polar surface area (TPSA) is 29.5 Å². The van der Waals surface area contributed by atoms with E-state index in [1.165, 1.54) is 0 Å². The number of benzene rings is 1. The third-order valence-corrected chi connectivity index (χ3v) is 3.55. The van der Waals surface area contributed by atoms with Gasteiger partial charge in [-0.15, -0.1) is 0 Å². The number of halogens is 1. The van der Waals surface area contributed by atoms with Crippen molar-refractivity contribution in [2.24, 2.45) is 0 Å². The molecule has 0 aliphatic rings. The van der Waals surface area contributed by atoms with Crippen LogP contribution in [0, 0.1) is 0 Å². The molecule has 0 saturated carbocycles. The van der Waals surface area contributed by atoms with Gasteiger partial charge in [0.15, 0.2) is 0 Å². The van der Waals surface area contributed by atoms with Gasteiger partial charge in [0, 0.05) is 24.0 Å². The summed E-state index contributed by atoms with van der Waals surface area (Å²) in [4.78, 5) is 13.8. The highest BCUT2D eigenvalue weighted by molar-refractivity contribution is 9.09. The zero-order valence-electron chi connectivity index (χ0n) is 10.4. The van der Waals surface area contributed by atoms with E-state index in [1.54, 1.807) is 17.0 Å². The number of hydrogen-bond acceptors (Lipinski definition) is 2.